The lowest BCUT2D eigenvalue weighted by molar-refractivity contribution is 0.844. The number of para-hydroxylation sites is 1. The molecule has 1 aliphatic carbocycles. The van der Waals surface area contributed by atoms with Crippen molar-refractivity contribution in [3.8, 4) is 5.69 Å². The highest BCUT2D eigenvalue weighted by atomic mass is 79.9. The Morgan fingerprint density at radius 3 is 2.56 bits per heavy atom. The van der Waals surface area contributed by atoms with Gasteiger partial charge in [0.25, 0.3) is 0 Å². The second-order valence-electron chi connectivity index (χ2n) is 4.11. The van der Waals surface area contributed by atoms with Crippen LogP contribution >= 0.6 is 15.9 Å². The highest BCUT2D eigenvalue weighted by molar-refractivity contribution is 9.10. The zero-order valence-electron chi connectivity index (χ0n) is 8.73. The minimum atomic E-state index is 0.599. The Morgan fingerprint density at radius 1 is 1.25 bits per heavy atom. The van der Waals surface area contributed by atoms with E-state index < -0.39 is 0 Å². The Labute approximate surface area is 102 Å². The van der Waals surface area contributed by atoms with Crippen LogP contribution in [-0.2, 0) is 0 Å². The quantitative estimate of drug-likeness (QED) is 0.917. The molecule has 0 spiro atoms. The summed E-state index contributed by atoms with van der Waals surface area (Å²) in [6.07, 6.45) is 2.45. The predicted molar refractivity (Wildman–Crippen MR) is 67.7 cm³/mol. The molecule has 4 heteroatoms. The third-order valence-electron chi connectivity index (χ3n) is 2.85. The lowest BCUT2D eigenvalue weighted by Crippen LogP contribution is -2.01. The van der Waals surface area contributed by atoms with E-state index in [1.165, 1.54) is 12.8 Å². The van der Waals surface area contributed by atoms with Gasteiger partial charge in [0.2, 0.25) is 0 Å². The topological polar surface area (TPSA) is 43.8 Å². The Hall–Kier alpha value is -1.29. The van der Waals surface area contributed by atoms with Gasteiger partial charge in [0, 0.05) is 5.92 Å². The standard InChI is InChI=1S/C12H12BrN3/c13-10-11(8-6-7-8)15-16(12(10)14)9-4-2-1-3-5-9/h1-5,8H,6-7,14H2. The summed E-state index contributed by atoms with van der Waals surface area (Å²) in [6.45, 7) is 0. The van der Waals surface area contributed by atoms with Crippen LogP contribution in [0.3, 0.4) is 0 Å². The first-order chi connectivity index (χ1) is 7.77. The van der Waals surface area contributed by atoms with Gasteiger partial charge >= 0.3 is 0 Å². The second kappa shape index (κ2) is 3.63. The van der Waals surface area contributed by atoms with Gasteiger partial charge < -0.3 is 5.73 Å². The minimum Gasteiger partial charge on any atom is -0.383 e. The first-order valence-electron chi connectivity index (χ1n) is 5.36. The number of halogens is 1. The summed E-state index contributed by atoms with van der Waals surface area (Å²) < 4.78 is 2.76. The van der Waals surface area contributed by atoms with Crippen molar-refractivity contribution in [2.24, 2.45) is 0 Å². The second-order valence-corrected chi connectivity index (χ2v) is 4.90. The summed E-state index contributed by atoms with van der Waals surface area (Å²) in [5, 5.41) is 4.59. The molecule has 0 radical (unpaired) electrons. The van der Waals surface area contributed by atoms with Crippen molar-refractivity contribution >= 4 is 21.7 Å². The number of hydrogen-bond acceptors (Lipinski definition) is 2. The van der Waals surface area contributed by atoms with Crippen LogP contribution in [0.4, 0.5) is 5.82 Å². The maximum absolute atomic E-state index is 6.05. The van der Waals surface area contributed by atoms with Gasteiger partial charge in [-0.05, 0) is 40.9 Å². The van der Waals surface area contributed by atoms with Crippen molar-refractivity contribution in [1.29, 1.82) is 0 Å². The zero-order chi connectivity index (χ0) is 11.1. The van der Waals surface area contributed by atoms with Crippen LogP contribution in [0.2, 0.25) is 0 Å². The number of nitrogens with two attached hydrogens (primary N) is 1. The highest BCUT2D eigenvalue weighted by Crippen LogP contribution is 2.44. The molecule has 2 aromatic rings. The van der Waals surface area contributed by atoms with Gasteiger partial charge in [0.15, 0.2) is 0 Å². The molecule has 0 atom stereocenters. The SMILES string of the molecule is Nc1c(Br)c(C2CC2)nn1-c1ccccc1. The van der Waals surface area contributed by atoms with Crippen LogP contribution in [-0.4, -0.2) is 9.78 Å². The monoisotopic (exact) mass is 277 g/mol. The summed E-state index contributed by atoms with van der Waals surface area (Å²) in [5.41, 5.74) is 8.16. The predicted octanol–water partition coefficient (Wildman–Crippen LogP) is 3.09. The van der Waals surface area contributed by atoms with Crippen LogP contribution in [0.1, 0.15) is 24.5 Å². The summed E-state index contributed by atoms with van der Waals surface area (Å²) >= 11 is 3.53. The molecule has 0 aliphatic heterocycles. The molecule has 0 saturated heterocycles. The van der Waals surface area contributed by atoms with E-state index in [9.17, 15) is 0 Å². The molecular weight excluding hydrogens is 266 g/mol. The lowest BCUT2D eigenvalue weighted by Gasteiger charge is -2.02. The van der Waals surface area contributed by atoms with E-state index in [4.69, 9.17) is 5.73 Å². The molecule has 1 saturated carbocycles. The minimum absolute atomic E-state index is 0.599. The van der Waals surface area contributed by atoms with Crippen LogP contribution in [0.15, 0.2) is 34.8 Å². The number of benzene rings is 1. The van der Waals surface area contributed by atoms with Gasteiger partial charge in [-0.2, -0.15) is 5.10 Å². The molecule has 82 valence electrons. The van der Waals surface area contributed by atoms with E-state index in [2.05, 4.69) is 21.0 Å². The summed E-state index contributed by atoms with van der Waals surface area (Å²) in [5.74, 6) is 1.29. The normalized spacial score (nSPS) is 15.3. The average Bonchev–Trinajstić information content (AvgIpc) is 3.10. The van der Waals surface area contributed by atoms with Crippen molar-refractivity contribution in [2.45, 2.75) is 18.8 Å². The van der Waals surface area contributed by atoms with Crippen molar-refractivity contribution in [1.82, 2.24) is 9.78 Å². The van der Waals surface area contributed by atoms with E-state index in [1.54, 1.807) is 4.68 Å². The van der Waals surface area contributed by atoms with E-state index in [1.807, 2.05) is 30.3 Å². The van der Waals surface area contributed by atoms with Gasteiger partial charge in [0.05, 0.1) is 15.9 Å². The van der Waals surface area contributed by atoms with Gasteiger partial charge in [-0.1, -0.05) is 18.2 Å². The maximum atomic E-state index is 6.05. The van der Waals surface area contributed by atoms with Crippen LogP contribution < -0.4 is 5.73 Å². The fraction of sp³-hybridized carbons (Fsp3) is 0.250. The largest absolute Gasteiger partial charge is 0.383 e. The van der Waals surface area contributed by atoms with Crippen molar-refractivity contribution in [3.63, 3.8) is 0 Å². The van der Waals surface area contributed by atoms with E-state index in [-0.39, 0.29) is 0 Å². The van der Waals surface area contributed by atoms with Crippen LogP contribution in [0.25, 0.3) is 5.69 Å². The van der Waals surface area contributed by atoms with Gasteiger partial charge in [0.1, 0.15) is 5.82 Å². The maximum Gasteiger partial charge on any atom is 0.141 e. The molecule has 3 nitrogen and oxygen atoms in total. The molecule has 2 N–H and O–H groups in total. The Kier molecular flexibility index (Phi) is 2.24. The number of rotatable bonds is 2. The number of anilines is 1. The smallest absolute Gasteiger partial charge is 0.141 e. The first-order valence-corrected chi connectivity index (χ1v) is 6.16. The fourth-order valence-corrected chi connectivity index (χ4v) is 2.38. The van der Waals surface area contributed by atoms with Crippen LogP contribution in [0.5, 0.6) is 0 Å². The molecule has 0 bridgehead atoms. The number of aromatic nitrogens is 2. The average molecular weight is 278 g/mol. The fourth-order valence-electron chi connectivity index (χ4n) is 1.81. The molecule has 0 amide bonds. The van der Waals surface area contributed by atoms with Gasteiger partial charge in [-0.15, -0.1) is 0 Å². The van der Waals surface area contributed by atoms with Crippen molar-refractivity contribution in [2.75, 3.05) is 5.73 Å². The van der Waals surface area contributed by atoms with E-state index in [0.717, 1.165) is 15.9 Å². The molecular formula is C12H12BrN3. The third-order valence-corrected chi connectivity index (χ3v) is 3.66. The number of hydrogen-bond donors (Lipinski definition) is 1. The Balaban J connectivity index is 2.11. The van der Waals surface area contributed by atoms with E-state index >= 15 is 0 Å². The summed E-state index contributed by atoms with van der Waals surface area (Å²) in [7, 11) is 0. The molecule has 1 fully saturated rings. The van der Waals surface area contributed by atoms with Crippen molar-refractivity contribution in [3.05, 3.63) is 40.5 Å². The van der Waals surface area contributed by atoms with Crippen LogP contribution in [0, 0.1) is 0 Å². The summed E-state index contributed by atoms with van der Waals surface area (Å²) in [6, 6.07) is 9.97. The number of nitrogen functional groups attached to an aromatic ring is 1. The first kappa shape index (κ1) is 9.90. The molecule has 1 aliphatic rings. The molecule has 16 heavy (non-hydrogen) atoms. The highest BCUT2D eigenvalue weighted by Gasteiger charge is 2.30. The lowest BCUT2D eigenvalue weighted by atomic mass is 10.3. The van der Waals surface area contributed by atoms with Gasteiger partial charge in [-0.3, -0.25) is 0 Å². The van der Waals surface area contributed by atoms with Crippen molar-refractivity contribution < 1.29 is 0 Å². The van der Waals surface area contributed by atoms with E-state index in [0.29, 0.717) is 11.7 Å². The molecule has 0 unspecified atom stereocenters. The summed E-state index contributed by atoms with van der Waals surface area (Å²) in [4.78, 5) is 0. The molecule has 1 heterocycles. The third kappa shape index (κ3) is 1.53. The molecule has 3 rings (SSSR count). The molecule has 1 aromatic heterocycles. The Bertz CT molecular complexity index is 515. The van der Waals surface area contributed by atoms with Gasteiger partial charge in [-0.25, -0.2) is 4.68 Å². The number of nitrogens with zero attached hydrogens (tertiary/aromatic N) is 2. The zero-order valence-corrected chi connectivity index (χ0v) is 10.3. The molecule has 1 aromatic carbocycles. The Morgan fingerprint density at radius 2 is 1.94 bits per heavy atom.